The summed E-state index contributed by atoms with van der Waals surface area (Å²) < 4.78 is 8.80. The molecule has 0 aromatic heterocycles. The molecule has 11 heavy (non-hydrogen) atoms. The van der Waals surface area contributed by atoms with Crippen molar-refractivity contribution in [2.45, 2.75) is 13.0 Å². The van der Waals surface area contributed by atoms with Crippen LogP contribution in [0, 0.1) is 0 Å². The number of ether oxygens (including phenoxy) is 2. The zero-order valence-corrected chi connectivity index (χ0v) is 7.05. The van der Waals surface area contributed by atoms with Crippen LogP contribution in [0.1, 0.15) is 6.92 Å². The Morgan fingerprint density at radius 2 is 2.09 bits per heavy atom. The van der Waals surface area contributed by atoms with E-state index in [4.69, 9.17) is 11.6 Å². The Balaban J connectivity index is 3.77. The summed E-state index contributed by atoms with van der Waals surface area (Å²) in [6, 6.07) is 0. The molecule has 0 unspecified atom stereocenters. The van der Waals surface area contributed by atoms with Gasteiger partial charge in [0.1, 0.15) is 5.88 Å². The minimum absolute atomic E-state index is 0.263. The van der Waals surface area contributed by atoms with Crippen molar-refractivity contribution >= 4 is 23.5 Å². The zero-order chi connectivity index (χ0) is 8.85. The third-order valence-corrected chi connectivity index (χ3v) is 1.17. The maximum Gasteiger partial charge on any atom is 0.346 e. The molecule has 5 heteroatoms. The van der Waals surface area contributed by atoms with Gasteiger partial charge in [0.2, 0.25) is 0 Å². The van der Waals surface area contributed by atoms with Crippen LogP contribution in [0.3, 0.4) is 0 Å². The maximum atomic E-state index is 10.6. The van der Waals surface area contributed by atoms with Gasteiger partial charge in [-0.15, -0.1) is 11.6 Å². The average Bonchev–Trinajstić information content (AvgIpc) is 2.02. The monoisotopic (exact) mass is 180 g/mol. The molecule has 0 aromatic carbocycles. The fourth-order valence-electron chi connectivity index (χ4n) is 0.443. The molecule has 64 valence electrons. The summed E-state index contributed by atoms with van der Waals surface area (Å²) in [5, 5.41) is 0. The summed E-state index contributed by atoms with van der Waals surface area (Å²) in [5.41, 5.74) is 0. The third-order valence-electron chi connectivity index (χ3n) is 0.950. The van der Waals surface area contributed by atoms with Crippen LogP contribution in [0.4, 0.5) is 0 Å². The lowest BCUT2D eigenvalue weighted by molar-refractivity contribution is -0.163. The van der Waals surface area contributed by atoms with Crippen molar-refractivity contribution in [2.24, 2.45) is 0 Å². The molecule has 0 saturated carbocycles. The van der Waals surface area contributed by atoms with E-state index in [1.54, 1.807) is 0 Å². The van der Waals surface area contributed by atoms with Crippen LogP contribution in [0.2, 0.25) is 0 Å². The van der Waals surface area contributed by atoms with Crippen LogP contribution >= 0.6 is 11.6 Å². The molecule has 0 amide bonds. The van der Waals surface area contributed by atoms with Crippen LogP contribution in [-0.4, -0.2) is 31.0 Å². The summed E-state index contributed by atoms with van der Waals surface area (Å²) in [5.74, 6) is -1.49. The number of carbonyl (C=O) groups is 2. The van der Waals surface area contributed by atoms with Gasteiger partial charge in [-0.3, -0.25) is 4.79 Å². The van der Waals surface area contributed by atoms with Gasteiger partial charge < -0.3 is 9.47 Å². The normalized spacial score (nSPS) is 11.9. The van der Waals surface area contributed by atoms with Gasteiger partial charge in [0.25, 0.3) is 0 Å². The van der Waals surface area contributed by atoms with Gasteiger partial charge in [-0.25, -0.2) is 4.79 Å². The highest BCUT2D eigenvalue weighted by molar-refractivity contribution is 6.26. The second-order valence-corrected chi connectivity index (χ2v) is 2.06. The maximum absolute atomic E-state index is 10.6. The molecule has 0 N–H and O–H groups in total. The quantitative estimate of drug-likeness (QED) is 0.464. The van der Waals surface area contributed by atoms with Crippen molar-refractivity contribution in [1.82, 2.24) is 0 Å². The Morgan fingerprint density at radius 1 is 1.55 bits per heavy atom. The number of alkyl halides is 1. The van der Waals surface area contributed by atoms with Crippen LogP contribution in [0.5, 0.6) is 0 Å². The summed E-state index contributed by atoms with van der Waals surface area (Å²) in [4.78, 5) is 21.1. The van der Waals surface area contributed by atoms with Gasteiger partial charge >= 0.3 is 11.9 Å². The molecule has 0 aliphatic heterocycles. The molecular formula is C6H9ClO4. The molecule has 0 saturated heterocycles. The molecular weight excluding hydrogens is 172 g/mol. The van der Waals surface area contributed by atoms with Gasteiger partial charge in [-0.1, -0.05) is 0 Å². The van der Waals surface area contributed by atoms with Crippen molar-refractivity contribution in [3.63, 3.8) is 0 Å². The molecule has 4 nitrogen and oxygen atoms in total. The molecule has 0 rings (SSSR count). The van der Waals surface area contributed by atoms with E-state index in [1.807, 2.05) is 0 Å². The van der Waals surface area contributed by atoms with Crippen molar-refractivity contribution < 1.29 is 19.1 Å². The molecule has 0 heterocycles. The van der Waals surface area contributed by atoms with E-state index in [0.717, 1.165) is 0 Å². The van der Waals surface area contributed by atoms with E-state index >= 15 is 0 Å². The largest absolute Gasteiger partial charge is 0.466 e. The second kappa shape index (κ2) is 4.96. The SMILES string of the molecule is COC(=O)[C@H](C)OC(=O)CCl. The van der Waals surface area contributed by atoms with Crippen LogP contribution in [-0.2, 0) is 19.1 Å². The molecule has 0 fully saturated rings. The Hall–Kier alpha value is -0.770. The van der Waals surface area contributed by atoms with Crippen molar-refractivity contribution in [2.75, 3.05) is 13.0 Å². The lowest BCUT2D eigenvalue weighted by Crippen LogP contribution is -2.25. The van der Waals surface area contributed by atoms with Crippen molar-refractivity contribution in [3.8, 4) is 0 Å². The summed E-state index contributed by atoms with van der Waals surface area (Å²) in [6.07, 6.45) is -0.883. The fourth-order valence-corrected chi connectivity index (χ4v) is 0.506. The third kappa shape index (κ3) is 3.83. The number of halogens is 1. The smallest absolute Gasteiger partial charge is 0.346 e. The number of methoxy groups -OCH3 is 1. The second-order valence-electron chi connectivity index (χ2n) is 1.79. The van der Waals surface area contributed by atoms with E-state index in [-0.39, 0.29) is 5.88 Å². The standard InChI is InChI=1S/C6H9ClO4/c1-4(6(9)10-2)11-5(8)3-7/h4H,3H2,1-2H3/t4-/m0/s1. The average molecular weight is 181 g/mol. The van der Waals surface area contributed by atoms with Gasteiger partial charge in [-0.05, 0) is 6.92 Å². The summed E-state index contributed by atoms with van der Waals surface area (Å²) >= 11 is 5.12. The first-order valence-corrected chi connectivity index (χ1v) is 3.48. The zero-order valence-electron chi connectivity index (χ0n) is 6.30. The highest BCUT2D eigenvalue weighted by atomic mass is 35.5. The first kappa shape index (κ1) is 10.2. The highest BCUT2D eigenvalue weighted by Crippen LogP contribution is 1.95. The van der Waals surface area contributed by atoms with Crippen LogP contribution < -0.4 is 0 Å². The Morgan fingerprint density at radius 3 is 2.45 bits per heavy atom. The molecule has 1 atom stereocenters. The predicted octanol–water partition coefficient (Wildman–Crippen LogP) is 0.330. The summed E-state index contributed by atoms with van der Waals surface area (Å²) in [6.45, 7) is 1.41. The number of carbonyl (C=O) groups excluding carboxylic acids is 2. The van der Waals surface area contributed by atoms with Gasteiger partial charge in [-0.2, -0.15) is 0 Å². The van der Waals surface area contributed by atoms with Gasteiger partial charge in [0.05, 0.1) is 7.11 Å². The Labute approximate surface area is 69.4 Å². The molecule has 0 radical (unpaired) electrons. The van der Waals surface area contributed by atoms with Gasteiger partial charge in [0.15, 0.2) is 6.10 Å². The van der Waals surface area contributed by atoms with E-state index in [0.29, 0.717) is 0 Å². The topological polar surface area (TPSA) is 52.6 Å². The molecule has 0 aliphatic rings. The van der Waals surface area contributed by atoms with Gasteiger partial charge in [0, 0.05) is 0 Å². The molecule has 0 aromatic rings. The molecule has 0 aliphatic carbocycles. The number of hydrogen-bond acceptors (Lipinski definition) is 4. The minimum Gasteiger partial charge on any atom is -0.466 e. The summed E-state index contributed by atoms with van der Waals surface area (Å²) in [7, 11) is 1.22. The van der Waals surface area contributed by atoms with Crippen molar-refractivity contribution in [3.05, 3.63) is 0 Å². The number of rotatable bonds is 3. The first-order valence-electron chi connectivity index (χ1n) is 2.95. The lowest BCUT2D eigenvalue weighted by atomic mass is 10.4. The number of esters is 2. The Bertz CT molecular complexity index is 157. The van der Waals surface area contributed by atoms with E-state index in [9.17, 15) is 9.59 Å². The lowest BCUT2D eigenvalue weighted by Gasteiger charge is -2.08. The van der Waals surface area contributed by atoms with E-state index in [1.165, 1.54) is 14.0 Å². The predicted molar refractivity (Wildman–Crippen MR) is 38.3 cm³/mol. The molecule has 0 spiro atoms. The van der Waals surface area contributed by atoms with E-state index in [2.05, 4.69) is 9.47 Å². The molecule has 0 bridgehead atoms. The van der Waals surface area contributed by atoms with Crippen LogP contribution in [0.25, 0.3) is 0 Å². The fraction of sp³-hybridized carbons (Fsp3) is 0.667. The van der Waals surface area contributed by atoms with Crippen LogP contribution in [0.15, 0.2) is 0 Å². The first-order chi connectivity index (χ1) is 5.11. The highest BCUT2D eigenvalue weighted by Gasteiger charge is 2.16. The van der Waals surface area contributed by atoms with E-state index < -0.39 is 18.0 Å². The number of hydrogen-bond donors (Lipinski definition) is 0. The minimum atomic E-state index is -0.883. The Kier molecular flexibility index (Phi) is 4.61. The van der Waals surface area contributed by atoms with Crippen molar-refractivity contribution in [1.29, 1.82) is 0 Å².